The molecule has 2 aliphatic rings. The number of likely N-dealkylation sites (tertiary alicyclic amines) is 1. The van der Waals surface area contributed by atoms with E-state index in [-0.39, 0.29) is 17.9 Å². The first kappa shape index (κ1) is 19.6. The van der Waals surface area contributed by atoms with Crippen molar-refractivity contribution in [2.45, 2.75) is 32.2 Å². The van der Waals surface area contributed by atoms with E-state index < -0.39 is 0 Å². The maximum Gasteiger partial charge on any atom is 0.253 e. The van der Waals surface area contributed by atoms with Gasteiger partial charge in [-0.2, -0.15) is 0 Å². The molecule has 2 saturated heterocycles. The third-order valence-electron chi connectivity index (χ3n) is 6.00. The number of nitrogens with zero attached hydrogens (tertiary/aromatic N) is 4. The van der Waals surface area contributed by atoms with Crippen LogP contribution in [0.1, 0.15) is 36.5 Å². The second-order valence-electron chi connectivity index (χ2n) is 7.70. The normalized spacial score (nSPS) is 20.7. The van der Waals surface area contributed by atoms with Gasteiger partial charge in [-0.25, -0.2) is 4.98 Å². The molecule has 0 aliphatic carbocycles. The number of likely N-dealkylation sites (N-methyl/N-ethyl adjacent to an activating group) is 1. The second-order valence-corrected chi connectivity index (χ2v) is 7.70. The number of carbonyl (C=O) groups is 2. The molecule has 1 aromatic heterocycles. The van der Waals surface area contributed by atoms with Crippen LogP contribution < -0.4 is 0 Å². The minimum atomic E-state index is 0.0134. The Balaban J connectivity index is 1.38. The second kappa shape index (κ2) is 8.78. The predicted molar refractivity (Wildman–Crippen MR) is 109 cm³/mol. The van der Waals surface area contributed by atoms with Crippen molar-refractivity contribution in [3.05, 3.63) is 42.4 Å². The molecular formula is C22H28N4O3. The minimum absolute atomic E-state index is 0.0134. The highest BCUT2D eigenvalue weighted by molar-refractivity contribution is 5.94. The van der Waals surface area contributed by atoms with Gasteiger partial charge in [0.25, 0.3) is 5.91 Å². The van der Waals surface area contributed by atoms with Crippen LogP contribution in [0.25, 0.3) is 11.3 Å². The number of aromatic nitrogens is 1. The summed E-state index contributed by atoms with van der Waals surface area (Å²) in [5, 5.41) is 0. The average Bonchev–Trinajstić information content (AvgIpc) is 3.40. The monoisotopic (exact) mass is 396 g/mol. The van der Waals surface area contributed by atoms with Crippen molar-refractivity contribution in [2.75, 3.05) is 39.3 Å². The summed E-state index contributed by atoms with van der Waals surface area (Å²) in [6.45, 7) is 6.62. The summed E-state index contributed by atoms with van der Waals surface area (Å²) in [4.78, 5) is 36.0. The van der Waals surface area contributed by atoms with Crippen LogP contribution in [-0.2, 0) is 4.79 Å². The summed E-state index contributed by atoms with van der Waals surface area (Å²) in [7, 11) is 0. The van der Waals surface area contributed by atoms with Crippen LogP contribution in [0.5, 0.6) is 0 Å². The van der Waals surface area contributed by atoms with E-state index in [0.717, 1.165) is 44.5 Å². The molecule has 1 atom stereocenters. The minimum Gasteiger partial charge on any atom is -0.444 e. The van der Waals surface area contributed by atoms with Gasteiger partial charge in [0.2, 0.25) is 5.91 Å². The van der Waals surface area contributed by atoms with E-state index in [1.54, 1.807) is 6.20 Å². The molecule has 0 saturated carbocycles. The predicted octanol–water partition coefficient (Wildman–Crippen LogP) is 2.50. The van der Waals surface area contributed by atoms with Gasteiger partial charge in [0.1, 0.15) is 0 Å². The summed E-state index contributed by atoms with van der Waals surface area (Å²) in [6.07, 6.45) is 5.90. The number of amides is 2. The number of hydrogen-bond donors (Lipinski definition) is 0. The Morgan fingerprint density at radius 1 is 1.03 bits per heavy atom. The molecule has 7 nitrogen and oxygen atoms in total. The van der Waals surface area contributed by atoms with E-state index in [4.69, 9.17) is 4.42 Å². The zero-order chi connectivity index (χ0) is 20.2. The molecule has 0 radical (unpaired) electrons. The molecule has 2 aliphatic heterocycles. The van der Waals surface area contributed by atoms with E-state index >= 15 is 0 Å². The van der Waals surface area contributed by atoms with E-state index in [0.29, 0.717) is 31.0 Å². The molecule has 29 heavy (non-hydrogen) atoms. The number of hydrogen-bond acceptors (Lipinski definition) is 5. The fourth-order valence-corrected chi connectivity index (χ4v) is 4.35. The number of carbonyl (C=O) groups excluding carboxylic acids is 2. The molecule has 2 fully saturated rings. The quantitative estimate of drug-likeness (QED) is 0.794. The van der Waals surface area contributed by atoms with E-state index in [2.05, 4.69) is 16.8 Å². The van der Waals surface area contributed by atoms with Crippen LogP contribution in [0.15, 0.2) is 41.3 Å². The first-order chi connectivity index (χ1) is 14.2. The maximum absolute atomic E-state index is 13.0. The Hall–Kier alpha value is -2.67. The molecule has 2 aromatic rings. The summed E-state index contributed by atoms with van der Waals surface area (Å²) in [5.74, 6) is 0.926. The van der Waals surface area contributed by atoms with Crippen molar-refractivity contribution < 1.29 is 14.0 Å². The third-order valence-corrected chi connectivity index (χ3v) is 6.00. The summed E-state index contributed by atoms with van der Waals surface area (Å²) < 4.78 is 5.30. The molecular weight excluding hydrogens is 368 g/mol. The summed E-state index contributed by atoms with van der Waals surface area (Å²) >= 11 is 0. The fourth-order valence-electron chi connectivity index (χ4n) is 4.35. The van der Waals surface area contributed by atoms with Crippen molar-refractivity contribution in [3.63, 3.8) is 0 Å². The van der Waals surface area contributed by atoms with Crippen LogP contribution in [-0.4, -0.2) is 76.8 Å². The largest absolute Gasteiger partial charge is 0.444 e. The lowest BCUT2D eigenvalue weighted by atomic mass is 10.1. The van der Waals surface area contributed by atoms with Gasteiger partial charge in [0, 0.05) is 37.3 Å². The lowest BCUT2D eigenvalue weighted by molar-refractivity contribution is -0.135. The fraction of sp³-hybridized carbons (Fsp3) is 0.500. The van der Waals surface area contributed by atoms with Gasteiger partial charge in [-0.15, -0.1) is 0 Å². The van der Waals surface area contributed by atoms with E-state index in [1.807, 2.05) is 34.1 Å². The highest BCUT2D eigenvalue weighted by Gasteiger charge is 2.33. The SMILES string of the molecule is CCN1CCCC1C(=O)N1CCCN(C(=O)c2ccc(-c3cnco3)cc2)CC1. The number of oxazole rings is 1. The van der Waals surface area contributed by atoms with Crippen molar-refractivity contribution in [1.29, 1.82) is 0 Å². The number of benzene rings is 1. The summed E-state index contributed by atoms with van der Waals surface area (Å²) in [5.41, 5.74) is 1.55. The van der Waals surface area contributed by atoms with Crippen molar-refractivity contribution >= 4 is 11.8 Å². The molecule has 0 N–H and O–H groups in total. The molecule has 3 heterocycles. The van der Waals surface area contributed by atoms with Crippen LogP contribution in [0, 0.1) is 0 Å². The highest BCUT2D eigenvalue weighted by Crippen LogP contribution is 2.21. The van der Waals surface area contributed by atoms with Crippen LogP contribution in [0.3, 0.4) is 0 Å². The van der Waals surface area contributed by atoms with Gasteiger partial charge in [0.15, 0.2) is 12.2 Å². The lowest BCUT2D eigenvalue weighted by Gasteiger charge is -2.29. The topological polar surface area (TPSA) is 69.9 Å². The van der Waals surface area contributed by atoms with Gasteiger partial charge in [-0.3, -0.25) is 14.5 Å². The van der Waals surface area contributed by atoms with E-state index in [9.17, 15) is 9.59 Å². The zero-order valence-electron chi connectivity index (χ0n) is 16.9. The van der Waals surface area contributed by atoms with Crippen molar-refractivity contribution in [2.24, 2.45) is 0 Å². The van der Waals surface area contributed by atoms with E-state index in [1.165, 1.54) is 6.39 Å². The average molecular weight is 396 g/mol. The Labute approximate surface area is 171 Å². The Morgan fingerprint density at radius 2 is 1.79 bits per heavy atom. The van der Waals surface area contributed by atoms with Gasteiger partial charge < -0.3 is 14.2 Å². The molecule has 7 heteroatoms. The van der Waals surface area contributed by atoms with Gasteiger partial charge in [-0.05, 0) is 44.5 Å². The van der Waals surface area contributed by atoms with Gasteiger partial charge in [-0.1, -0.05) is 19.1 Å². The molecule has 154 valence electrons. The lowest BCUT2D eigenvalue weighted by Crippen LogP contribution is -2.47. The van der Waals surface area contributed by atoms with Crippen molar-refractivity contribution in [3.8, 4) is 11.3 Å². The van der Waals surface area contributed by atoms with Crippen LogP contribution in [0.2, 0.25) is 0 Å². The van der Waals surface area contributed by atoms with Crippen molar-refractivity contribution in [1.82, 2.24) is 19.7 Å². The molecule has 1 unspecified atom stereocenters. The summed E-state index contributed by atoms with van der Waals surface area (Å²) in [6, 6.07) is 7.42. The van der Waals surface area contributed by atoms with Gasteiger partial charge >= 0.3 is 0 Å². The molecule has 2 amide bonds. The smallest absolute Gasteiger partial charge is 0.253 e. The first-order valence-electron chi connectivity index (χ1n) is 10.5. The standard InChI is InChI=1S/C22H28N4O3/c1-2-24-10-3-5-19(24)22(28)26-12-4-11-25(13-14-26)21(27)18-8-6-17(7-9-18)20-15-23-16-29-20/h6-9,15-16,19H,2-5,10-14H2,1H3. The molecule has 4 rings (SSSR count). The van der Waals surface area contributed by atoms with Crippen LogP contribution >= 0.6 is 0 Å². The maximum atomic E-state index is 13.0. The zero-order valence-corrected chi connectivity index (χ0v) is 16.9. The molecule has 1 aromatic carbocycles. The molecule has 0 spiro atoms. The Morgan fingerprint density at radius 3 is 2.52 bits per heavy atom. The Kier molecular flexibility index (Phi) is 5.94. The molecule has 0 bridgehead atoms. The highest BCUT2D eigenvalue weighted by atomic mass is 16.3. The Bertz CT molecular complexity index is 834. The van der Waals surface area contributed by atoms with Crippen LogP contribution in [0.4, 0.5) is 0 Å². The number of rotatable bonds is 4. The van der Waals surface area contributed by atoms with Gasteiger partial charge in [0.05, 0.1) is 12.2 Å². The third kappa shape index (κ3) is 4.19. The first-order valence-corrected chi connectivity index (χ1v) is 10.5.